The van der Waals surface area contributed by atoms with Crippen LogP contribution in [0.4, 0.5) is 5.69 Å². The van der Waals surface area contributed by atoms with E-state index < -0.39 is 5.97 Å². The molecule has 0 atom stereocenters. The molecule has 0 amide bonds. The van der Waals surface area contributed by atoms with Gasteiger partial charge >= 0.3 is 5.97 Å². The van der Waals surface area contributed by atoms with Crippen molar-refractivity contribution >= 4 is 27.6 Å². The number of carboxylic acids is 1. The Kier molecular flexibility index (Phi) is 4.63. The van der Waals surface area contributed by atoms with Gasteiger partial charge in [-0.25, -0.2) is 4.79 Å². The maximum atomic E-state index is 11.0. The first-order valence-corrected chi connectivity index (χ1v) is 6.78. The van der Waals surface area contributed by atoms with Gasteiger partial charge in [0.2, 0.25) is 0 Å². The van der Waals surface area contributed by atoms with Gasteiger partial charge in [0.15, 0.2) is 0 Å². The van der Waals surface area contributed by atoms with Crippen molar-refractivity contribution in [3.63, 3.8) is 0 Å². The van der Waals surface area contributed by atoms with Crippen molar-refractivity contribution < 1.29 is 14.6 Å². The molecule has 2 aromatic carbocycles. The highest BCUT2D eigenvalue weighted by molar-refractivity contribution is 9.10. The molecule has 2 rings (SSSR count). The number of rotatable bonds is 5. The second kappa shape index (κ2) is 6.43. The maximum absolute atomic E-state index is 11.0. The molecule has 0 unspecified atom stereocenters. The largest absolute Gasteiger partial charge is 0.497 e. The van der Waals surface area contributed by atoms with E-state index in [2.05, 4.69) is 21.2 Å². The van der Waals surface area contributed by atoms with Crippen LogP contribution in [0.2, 0.25) is 0 Å². The van der Waals surface area contributed by atoms with Gasteiger partial charge in [0.1, 0.15) is 5.75 Å². The number of aromatic carboxylic acids is 1. The minimum Gasteiger partial charge on any atom is -0.497 e. The number of hydrogen-bond acceptors (Lipinski definition) is 3. The van der Waals surface area contributed by atoms with Gasteiger partial charge in [0, 0.05) is 16.7 Å². The lowest BCUT2D eigenvalue weighted by Crippen LogP contribution is -2.02. The Morgan fingerprint density at radius 1 is 1.30 bits per heavy atom. The SMILES string of the molecule is COc1cccc(CNc2cc(Br)cc(C(=O)O)c2)c1. The average Bonchev–Trinajstić information content (AvgIpc) is 2.44. The van der Waals surface area contributed by atoms with Gasteiger partial charge in [-0.2, -0.15) is 0 Å². The normalized spacial score (nSPS) is 10.1. The molecule has 0 saturated heterocycles. The molecule has 2 aromatic rings. The number of ether oxygens (including phenoxy) is 1. The molecule has 20 heavy (non-hydrogen) atoms. The Labute approximate surface area is 125 Å². The third kappa shape index (κ3) is 3.74. The number of carboxylic acid groups (broad SMARTS) is 1. The summed E-state index contributed by atoms with van der Waals surface area (Å²) in [4.78, 5) is 11.0. The smallest absolute Gasteiger partial charge is 0.335 e. The molecule has 0 fully saturated rings. The first-order chi connectivity index (χ1) is 9.58. The summed E-state index contributed by atoms with van der Waals surface area (Å²) in [6.45, 7) is 0.590. The summed E-state index contributed by atoms with van der Waals surface area (Å²) in [5, 5.41) is 12.2. The molecule has 4 nitrogen and oxygen atoms in total. The summed E-state index contributed by atoms with van der Waals surface area (Å²) in [6.07, 6.45) is 0. The molecule has 5 heteroatoms. The molecule has 0 spiro atoms. The Balaban J connectivity index is 2.12. The van der Waals surface area contributed by atoms with Crippen molar-refractivity contribution in [1.29, 1.82) is 0 Å². The van der Waals surface area contributed by atoms with E-state index in [1.54, 1.807) is 19.2 Å². The molecule has 0 radical (unpaired) electrons. The second-order valence-corrected chi connectivity index (χ2v) is 5.15. The molecule has 0 aliphatic heterocycles. The zero-order valence-electron chi connectivity index (χ0n) is 10.9. The van der Waals surface area contributed by atoms with Crippen LogP contribution in [0.5, 0.6) is 5.75 Å². The van der Waals surface area contributed by atoms with Gasteiger partial charge in [-0.05, 0) is 35.9 Å². The lowest BCUT2D eigenvalue weighted by molar-refractivity contribution is 0.0697. The van der Waals surface area contributed by atoms with Crippen LogP contribution in [0.1, 0.15) is 15.9 Å². The van der Waals surface area contributed by atoms with Gasteiger partial charge in [-0.15, -0.1) is 0 Å². The van der Waals surface area contributed by atoms with Crippen LogP contribution < -0.4 is 10.1 Å². The van der Waals surface area contributed by atoms with Crippen molar-refractivity contribution in [1.82, 2.24) is 0 Å². The zero-order chi connectivity index (χ0) is 14.5. The van der Waals surface area contributed by atoms with E-state index in [0.29, 0.717) is 6.54 Å². The van der Waals surface area contributed by atoms with Crippen molar-refractivity contribution in [3.8, 4) is 5.75 Å². The molecule has 2 N–H and O–H groups in total. The van der Waals surface area contributed by atoms with Gasteiger partial charge < -0.3 is 15.2 Å². The fourth-order valence-electron chi connectivity index (χ4n) is 1.80. The zero-order valence-corrected chi connectivity index (χ0v) is 12.5. The van der Waals surface area contributed by atoms with Crippen molar-refractivity contribution in [2.24, 2.45) is 0 Å². The van der Waals surface area contributed by atoms with E-state index in [4.69, 9.17) is 9.84 Å². The molecule has 0 aliphatic carbocycles. The monoisotopic (exact) mass is 335 g/mol. The molecule has 0 saturated carbocycles. The Morgan fingerprint density at radius 3 is 2.80 bits per heavy atom. The second-order valence-electron chi connectivity index (χ2n) is 4.24. The summed E-state index contributed by atoms with van der Waals surface area (Å²) < 4.78 is 5.89. The highest BCUT2D eigenvalue weighted by atomic mass is 79.9. The molecule has 0 heterocycles. The Morgan fingerprint density at radius 2 is 2.10 bits per heavy atom. The number of halogens is 1. The van der Waals surface area contributed by atoms with Crippen LogP contribution in [0.3, 0.4) is 0 Å². The van der Waals surface area contributed by atoms with Crippen LogP contribution in [0, 0.1) is 0 Å². The van der Waals surface area contributed by atoms with E-state index in [0.717, 1.165) is 21.5 Å². The highest BCUT2D eigenvalue weighted by Crippen LogP contribution is 2.21. The quantitative estimate of drug-likeness (QED) is 0.873. The number of nitrogens with one attached hydrogen (secondary N) is 1. The summed E-state index contributed by atoms with van der Waals surface area (Å²) in [5.41, 5.74) is 2.05. The van der Waals surface area contributed by atoms with Crippen LogP contribution >= 0.6 is 15.9 Å². The molecule has 0 aliphatic rings. The van der Waals surface area contributed by atoms with Gasteiger partial charge in [-0.1, -0.05) is 28.1 Å². The molecular weight excluding hydrogens is 322 g/mol. The summed E-state index contributed by atoms with van der Waals surface area (Å²) in [7, 11) is 1.62. The number of hydrogen-bond donors (Lipinski definition) is 2. The lowest BCUT2D eigenvalue weighted by Gasteiger charge is -2.09. The van der Waals surface area contributed by atoms with E-state index in [9.17, 15) is 4.79 Å². The van der Waals surface area contributed by atoms with Gasteiger partial charge in [0.25, 0.3) is 0 Å². The number of methoxy groups -OCH3 is 1. The number of anilines is 1. The van der Waals surface area contributed by atoms with Crippen molar-refractivity contribution in [2.75, 3.05) is 12.4 Å². The fraction of sp³-hybridized carbons (Fsp3) is 0.133. The fourth-order valence-corrected chi connectivity index (χ4v) is 2.29. The van der Waals surface area contributed by atoms with Crippen LogP contribution in [0.25, 0.3) is 0 Å². The van der Waals surface area contributed by atoms with Crippen LogP contribution in [-0.2, 0) is 6.54 Å². The van der Waals surface area contributed by atoms with E-state index in [-0.39, 0.29) is 5.56 Å². The average molecular weight is 336 g/mol. The van der Waals surface area contributed by atoms with Gasteiger partial charge in [-0.3, -0.25) is 0 Å². The lowest BCUT2D eigenvalue weighted by atomic mass is 10.2. The van der Waals surface area contributed by atoms with Crippen molar-refractivity contribution in [3.05, 3.63) is 58.1 Å². The predicted molar refractivity (Wildman–Crippen MR) is 81.4 cm³/mol. The minimum absolute atomic E-state index is 0.243. The minimum atomic E-state index is -0.948. The van der Waals surface area contributed by atoms with Crippen molar-refractivity contribution in [2.45, 2.75) is 6.54 Å². The summed E-state index contributed by atoms with van der Waals surface area (Å²) in [6, 6.07) is 12.7. The molecular formula is C15H14BrNO3. The first-order valence-electron chi connectivity index (χ1n) is 5.99. The summed E-state index contributed by atoms with van der Waals surface area (Å²) >= 11 is 3.31. The maximum Gasteiger partial charge on any atom is 0.335 e. The van der Waals surface area contributed by atoms with Crippen LogP contribution in [0.15, 0.2) is 46.9 Å². The molecule has 0 bridgehead atoms. The molecule has 104 valence electrons. The van der Waals surface area contributed by atoms with E-state index in [1.165, 1.54) is 0 Å². The third-order valence-corrected chi connectivity index (χ3v) is 3.23. The van der Waals surface area contributed by atoms with Gasteiger partial charge in [0.05, 0.1) is 12.7 Å². The predicted octanol–water partition coefficient (Wildman–Crippen LogP) is 3.77. The van der Waals surface area contributed by atoms with E-state index in [1.807, 2.05) is 30.3 Å². The first kappa shape index (κ1) is 14.4. The standard InChI is InChI=1S/C15H14BrNO3/c1-20-14-4-2-3-10(5-14)9-17-13-7-11(15(18)19)6-12(16)8-13/h2-8,17H,9H2,1H3,(H,18,19). The topological polar surface area (TPSA) is 58.6 Å². The number of benzene rings is 2. The summed E-state index contributed by atoms with van der Waals surface area (Å²) in [5.74, 6) is -0.152. The Hall–Kier alpha value is -2.01. The van der Waals surface area contributed by atoms with Crippen LogP contribution in [-0.4, -0.2) is 18.2 Å². The van der Waals surface area contributed by atoms with E-state index >= 15 is 0 Å². The molecule has 0 aromatic heterocycles. The Bertz CT molecular complexity index is 628. The third-order valence-electron chi connectivity index (χ3n) is 2.78. The highest BCUT2D eigenvalue weighted by Gasteiger charge is 2.06. The number of carbonyl (C=O) groups is 1.